The van der Waals surface area contributed by atoms with Crippen molar-refractivity contribution in [3.63, 3.8) is 0 Å². The molecule has 1 rings (SSSR count). The molecule has 0 amide bonds. The van der Waals surface area contributed by atoms with E-state index in [4.69, 9.17) is 33.9 Å². The molecule has 0 aromatic heterocycles. The summed E-state index contributed by atoms with van der Waals surface area (Å²) < 4.78 is 11.3. The van der Waals surface area contributed by atoms with Crippen LogP contribution in [0.5, 0.6) is 0 Å². The smallest absolute Gasteiger partial charge is 0.230 e. The summed E-state index contributed by atoms with van der Waals surface area (Å²) in [6.45, 7) is 4.72. The van der Waals surface area contributed by atoms with Crippen molar-refractivity contribution < 1.29 is 9.47 Å². The maximum absolute atomic E-state index is 5.13. The van der Waals surface area contributed by atoms with E-state index in [9.17, 15) is 0 Å². The molecule has 0 aromatic rings. The van der Waals surface area contributed by atoms with Crippen molar-refractivity contribution in [1.82, 2.24) is 0 Å². The zero-order valence-electron chi connectivity index (χ0n) is 13.4. The number of ether oxygens (including phenoxy) is 2. The third-order valence-electron chi connectivity index (χ3n) is 4.00. The van der Waals surface area contributed by atoms with Gasteiger partial charge in [-0.15, -0.1) is 0 Å². The van der Waals surface area contributed by atoms with Crippen molar-refractivity contribution in [2.24, 2.45) is 17.8 Å². The van der Waals surface area contributed by atoms with Gasteiger partial charge in [0.15, 0.2) is 0 Å². The molecule has 1 fully saturated rings. The Hall–Kier alpha value is 1.18. The average molecular weight is 417 g/mol. The normalized spacial score (nSPS) is 26.3. The zero-order chi connectivity index (χ0) is 16.5. The SMILES string of the molecule is COC(=S)SSCC(C)C1CCC(C)C(SSC(=S)OC)C1. The molecule has 4 atom stereocenters. The third-order valence-corrected chi connectivity index (χ3v) is 10.6. The Balaban J connectivity index is 2.37. The minimum atomic E-state index is 0.618. The molecule has 8 heteroatoms. The molecule has 0 spiro atoms. The number of hydrogen-bond acceptors (Lipinski definition) is 8. The first-order chi connectivity index (χ1) is 10.5. The maximum atomic E-state index is 5.13. The molecule has 0 aromatic carbocycles. The van der Waals surface area contributed by atoms with E-state index in [-0.39, 0.29) is 0 Å². The second kappa shape index (κ2) is 11.7. The van der Waals surface area contributed by atoms with Gasteiger partial charge in [-0.2, -0.15) is 0 Å². The molecule has 1 aliphatic rings. The molecule has 0 radical (unpaired) electrons. The number of methoxy groups -OCH3 is 2. The first-order valence-electron chi connectivity index (χ1n) is 7.26. The van der Waals surface area contributed by atoms with Gasteiger partial charge in [-0.3, -0.25) is 0 Å². The molecule has 0 saturated heterocycles. The van der Waals surface area contributed by atoms with Crippen LogP contribution in [0.2, 0.25) is 0 Å². The highest BCUT2D eigenvalue weighted by Crippen LogP contribution is 2.44. The number of hydrogen-bond donors (Lipinski definition) is 0. The van der Waals surface area contributed by atoms with Crippen molar-refractivity contribution in [2.75, 3.05) is 20.0 Å². The van der Waals surface area contributed by atoms with Crippen molar-refractivity contribution in [2.45, 2.75) is 38.4 Å². The van der Waals surface area contributed by atoms with Crippen LogP contribution in [0.3, 0.4) is 0 Å². The minimum Gasteiger partial charge on any atom is -0.481 e. The zero-order valence-corrected chi connectivity index (χ0v) is 18.3. The van der Waals surface area contributed by atoms with Crippen molar-refractivity contribution in [3.8, 4) is 0 Å². The van der Waals surface area contributed by atoms with Crippen LogP contribution < -0.4 is 0 Å². The van der Waals surface area contributed by atoms with E-state index < -0.39 is 0 Å². The fourth-order valence-corrected chi connectivity index (χ4v) is 7.84. The Labute approximate surface area is 161 Å². The quantitative estimate of drug-likeness (QED) is 0.380. The monoisotopic (exact) mass is 416 g/mol. The predicted molar refractivity (Wildman–Crippen MR) is 114 cm³/mol. The van der Waals surface area contributed by atoms with Crippen LogP contribution in [0, 0.1) is 17.8 Å². The Morgan fingerprint density at radius 3 is 2.41 bits per heavy atom. The van der Waals surface area contributed by atoms with Gasteiger partial charge in [-0.25, -0.2) is 0 Å². The van der Waals surface area contributed by atoms with Gasteiger partial charge in [-0.05, 0) is 83.0 Å². The molecule has 2 nitrogen and oxygen atoms in total. The van der Waals surface area contributed by atoms with E-state index >= 15 is 0 Å². The van der Waals surface area contributed by atoms with Gasteiger partial charge in [-0.1, -0.05) is 35.4 Å². The molecule has 128 valence electrons. The van der Waals surface area contributed by atoms with Crippen LogP contribution in [0.25, 0.3) is 0 Å². The standard InChI is InChI=1S/C14H24O2S6/c1-9-5-6-11(7-12(9)20-22-14(18)16-4)10(2)8-19-21-13(17)15-3/h9-12H,5-8H2,1-4H3. The maximum Gasteiger partial charge on any atom is 0.230 e. The first-order valence-corrected chi connectivity index (χ1v) is 12.6. The topological polar surface area (TPSA) is 18.5 Å². The van der Waals surface area contributed by atoms with E-state index in [1.54, 1.807) is 35.8 Å². The van der Waals surface area contributed by atoms with Gasteiger partial charge < -0.3 is 9.47 Å². The number of rotatable bonds is 6. The van der Waals surface area contributed by atoms with E-state index in [0.29, 0.717) is 19.9 Å². The lowest BCUT2D eigenvalue weighted by atomic mass is 9.77. The van der Waals surface area contributed by atoms with Crippen LogP contribution in [0.4, 0.5) is 0 Å². The molecule has 1 aliphatic carbocycles. The van der Waals surface area contributed by atoms with Gasteiger partial charge in [0.25, 0.3) is 0 Å². The highest BCUT2D eigenvalue weighted by molar-refractivity contribution is 8.84. The summed E-state index contributed by atoms with van der Waals surface area (Å²) in [5.74, 6) is 3.36. The fourth-order valence-electron chi connectivity index (χ4n) is 2.46. The van der Waals surface area contributed by atoms with Crippen LogP contribution in [0.1, 0.15) is 33.1 Å². The molecule has 1 saturated carbocycles. The molecule has 0 bridgehead atoms. The Morgan fingerprint density at radius 2 is 1.77 bits per heavy atom. The van der Waals surface area contributed by atoms with E-state index in [2.05, 4.69) is 13.8 Å². The summed E-state index contributed by atoms with van der Waals surface area (Å²) in [5.41, 5.74) is 0. The summed E-state index contributed by atoms with van der Waals surface area (Å²) in [5, 5.41) is 0.664. The van der Waals surface area contributed by atoms with Crippen molar-refractivity contribution in [3.05, 3.63) is 0 Å². The van der Waals surface area contributed by atoms with Gasteiger partial charge >= 0.3 is 0 Å². The van der Waals surface area contributed by atoms with Crippen LogP contribution in [-0.2, 0) is 9.47 Å². The highest BCUT2D eigenvalue weighted by Gasteiger charge is 2.31. The van der Waals surface area contributed by atoms with Crippen LogP contribution in [0.15, 0.2) is 0 Å². The lowest BCUT2D eigenvalue weighted by Crippen LogP contribution is -2.29. The molecule has 22 heavy (non-hydrogen) atoms. The van der Waals surface area contributed by atoms with E-state index in [1.165, 1.54) is 19.3 Å². The molecule has 0 N–H and O–H groups in total. The largest absolute Gasteiger partial charge is 0.481 e. The molecule has 0 aliphatic heterocycles. The summed E-state index contributed by atoms with van der Waals surface area (Å²) >= 11 is 10.2. The second-order valence-electron chi connectivity index (χ2n) is 5.52. The van der Waals surface area contributed by atoms with Crippen molar-refractivity contribution in [1.29, 1.82) is 0 Å². The molecule has 0 heterocycles. The summed E-state index contributed by atoms with van der Waals surface area (Å²) in [4.78, 5) is 0. The average Bonchev–Trinajstić information content (AvgIpc) is 2.53. The molecule has 4 unspecified atom stereocenters. The van der Waals surface area contributed by atoms with E-state index in [1.807, 2.05) is 21.6 Å². The van der Waals surface area contributed by atoms with Gasteiger partial charge in [0.2, 0.25) is 8.77 Å². The Bertz CT molecular complexity index is 365. The van der Waals surface area contributed by atoms with E-state index in [0.717, 1.165) is 17.6 Å². The highest BCUT2D eigenvalue weighted by atomic mass is 33.1. The van der Waals surface area contributed by atoms with Crippen LogP contribution >= 0.6 is 67.6 Å². The Morgan fingerprint density at radius 1 is 1.14 bits per heavy atom. The first kappa shape index (κ1) is 21.2. The van der Waals surface area contributed by atoms with Crippen molar-refractivity contribution >= 4 is 76.4 Å². The lowest BCUT2D eigenvalue weighted by molar-refractivity contribution is 0.245. The fraction of sp³-hybridized carbons (Fsp3) is 0.857. The number of thiocarbonyl (C=S) groups is 2. The molecular weight excluding hydrogens is 393 g/mol. The summed E-state index contributed by atoms with van der Waals surface area (Å²) in [6, 6.07) is 0. The summed E-state index contributed by atoms with van der Waals surface area (Å²) in [7, 11) is 10.2. The van der Waals surface area contributed by atoms with Gasteiger partial charge in [0, 0.05) is 11.0 Å². The second-order valence-corrected chi connectivity index (χ2v) is 11.5. The summed E-state index contributed by atoms with van der Waals surface area (Å²) in [6.07, 6.45) is 3.91. The van der Waals surface area contributed by atoms with Crippen LogP contribution in [-0.4, -0.2) is 34.0 Å². The molecular formula is C14H24O2S6. The predicted octanol–water partition coefficient (Wildman–Crippen LogP) is 6.05. The minimum absolute atomic E-state index is 0.618. The van der Waals surface area contributed by atoms with Gasteiger partial charge in [0.1, 0.15) is 0 Å². The third kappa shape index (κ3) is 7.83. The lowest BCUT2D eigenvalue weighted by Gasteiger charge is -2.36. The Kier molecular flexibility index (Phi) is 11.3. The van der Waals surface area contributed by atoms with Gasteiger partial charge in [0.05, 0.1) is 14.2 Å².